The molecular weight excluding hydrogens is 410 g/mol. The quantitative estimate of drug-likeness (QED) is 0.401. The molecule has 0 bridgehead atoms. The third-order valence-corrected chi connectivity index (χ3v) is 5.34. The second-order valence-electron chi connectivity index (χ2n) is 6.85. The Balaban J connectivity index is 1.41. The molecule has 0 aliphatic carbocycles. The van der Waals surface area contributed by atoms with Gasteiger partial charge in [-0.2, -0.15) is 15.1 Å². The molecule has 4 rings (SSSR count). The highest BCUT2D eigenvalue weighted by atomic mass is 32.2. The lowest BCUT2D eigenvalue weighted by atomic mass is 10.2. The highest BCUT2D eigenvalue weighted by Gasteiger charge is 2.11. The predicted octanol–water partition coefficient (Wildman–Crippen LogP) is 4.29. The summed E-state index contributed by atoms with van der Waals surface area (Å²) in [6.45, 7) is 3.87. The van der Waals surface area contributed by atoms with Crippen molar-refractivity contribution in [2.75, 3.05) is 10.6 Å². The fourth-order valence-corrected chi connectivity index (χ4v) is 3.74. The number of anilines is 3. The number of H-pyrrole nitrogens is 1. The van der Waals surface area contributed by atoms with Crippen LogP contribution in [0.25, 0.3) is 0 Å². The first-order chi connectivity index (χ1) is 15.0. The summed E-state index contributed by atoms with van der Waals surface area (Å²) < 4.78 is 0. The molecule has 0 spiro atoms. The van der Waals surface area contributed by atoms with Crippen LogP contribution >= 0.6 is 11.8 Å². The maximum Gasteiger partial charge on any atom is 0.232 e. The molecule has 8 nitrogen and oxygen atoms in total. The molecule has 0 saturated carbocycles. The topological polar surface area (TPSA) is 108 Å². The van der Waals surface area contributed by atoms with Gasteiger partial charge in [0, 0.05) is 22.3 Å². The van der Waals surface area contributed by atoms with Crippen LogP contribution in [0.15, 0.2) is 70.7 Å². The van der Waals surface area contributed by atoms with E-state index in [4.69, 9.17) is 0 Å². The highest BCUT2D eigenvalue weighted by Crippen LogP contribution is 2.28. The number of hydrogen-bond donors (Lipinski definition) is 3. The van der Waals surface area contributed by atoms with E-state index in [2.05, 4.69) is 48.8 Å². The van der Waals surface area contributed by atoms with Gasteiger partial charge in [0.05, 0.1) is 6.42 Å². The summed E-state index contributed by atoms with van der Waals surface area (Å²) in [5.74, 6) is 1.40. The number of aryl methyl sites for hydroxylation is 2. The molecular formula is C22H21N7OS. The maximum atomic E-state index is 12.2. The number of aromatic amines is 1. The Labute approximate surface area is 184 Å². The van der Waals surface area contributed by atoms with E-state index < -0.39 is 0 Å². The minimum absolute atomic E-state index is 0.130. The van der Waals surface area contributed by atoms with E-state index in [-0.39, 0.29) is 12.3 Å². The van der Waals surface area contributed by atoms with Gasteiger partial charge in [-0.15, -0.1) is 0 Å². The summed E-state index contributed by atoms with van der Waals surface area (Å²) in [6, 6.07) is 19.2. The van der Waals surface area contributed by atoms with E-state index in [9.17, 15) is 4.79 Å². The molecule has 0 radical (unpaired) electrons. The summed E-state index contributed by atoms with van der Waals surface area (Å²) in [4.78, 5) is 26.6. The molecule has 0 atom stereocenters. The SMILES string of the molecule is Cc1nc(Nc2cc(CC(=O)Nc3ccccc3)[nH]n2)nc(Sc2ccccc2C)n1. The Morgan fingerprint density at radius 2 is 1.77 bits per heavy atom. The average Bonchev–Trinajstić information content (AvgIpc) is 3.16. The number of benzene rings is 2. The highest BCUT2D eigenvalue weighted by molar-refractivity contribution is 7.99. The third-order valence-electron chi connectivity index (χ3n) is 4.30. The van der Waals surface area contributed by atoms with Gasteiger partial charge in [0.2, 0.25) is 11.9 Å². The summed E-state index contributed by atoms with van der Waals surface area (Å²) in [7, 11) is 0. The van der Waals surface area contributed by atoms with Crippen molar-refractivity contribution in [2.45, 2.75) is 30.3 Å². The molecule has 31 heavy (non-hydrogen) atoms. The Kier molecular flexibility index (Phi) is 6.23. The van der Waals surface area contributed by atoms with Gasteiger partial charge < -0.3 is 10.6 Å². The Hall–Kier alpha value is -3.72. The molecule has 0 aliphatic heterocycles. The van der Waals surface area contributed by atoms with Gasteiger partial charge in [0.15, 0.2) is 11.0 Å². The van der Waals surface area contributed by atoms with Gasteiger partial charge in [-0.1, -0.05) is 36.4 Å². The minimum atomic E-state index is -0.130. The second kappa shape index (κ2) is 9.40. The van der Waals surface area contributed by atoms with Crippen molar-refractivity contribution < 1.29 is 4.79 Å². The van der Waals surface area contributed by atoms with Crippen molar-refractivity contribution in [2.24, 2.45) is 0 Å². The van der Waals surface area contributed by atoms with Crippen molar-refractivity contribution in [1.82, 2.24) is 25.1 Å². The van der Waals surface area contributed by atoms with Crippen LogP contribution in [-0.4, -0.2) is 31.1 Å². The summed E-state index contributed by atoms with van der Waals surface area (Å²) in [5, 5.41) is 13.6. The third kappa shape index (κ3) is 5.67. The number of amides is 1. The standard InChI is InChI=1S/C22H21N7OS/c1-14-8-6-7-11-18(14)31-22-24-15(2)23-21(27-22)26-19-12-17(28-29-19)13-20(30)25-16-9-4-3-5-10-16/h3-12H,13H2,1-2H3,(H,25,30)(H2,23,24,26,27,28,29). The van der Waals surface area contributed by atoms with Crippen molar-refractivity contribution in [3.8, 4) is 0 Å². The fourth-order valence-electron chi connectivity index (χ4n) is 2.86. The fraction of sp³-hybridized carbons (Fsp3) is 0.136. The lowest BCUT2D eigenvalue weighted by Crippen LogP contribution is -2.14. The van der Waals surface area contributed by atoms with Crippen LogP contribution in [-0.2, 0) is 11.2 Å². The van der Waals surface area contributed by atoms with Gasteiger partial charge in [-0.3, -0.25) is 9.89 Å². The Bertz CT molecular complexity index is 1190. The molecule has 3 N–H and O–H groups in total. The van der Waals surface area contributed by atoms with Crippen molar-refractivity contribution in [3.63, 3.8) is 0 Å². The van der Waals surface area contributed by atoms with E-state index in [0.29, 0.717) is 28.4 Å². The van der Waals surface area contributed by atoms with Gasteiger partial charge >= 0.3 is 0 Å². The van der Waals surface area contributed by atoms with Gasteiger partial charge in [-0.25, -0.2) is 4.98 Å². The summed E-state index contributed by atoms with van der Waals surface area (Å²) >= 11 is 1.48. The van der Waals surface area contributed by atoms with Gasteiger partial charge in [-0.05, 0) is 49.4 Å². The smallest absolute Gasteiger partial charge is 0.232 e. The zero-order chi connectivity index (χ0) is 21.6. The molecule has 9 heteroatoms. The summed E-state index contributed by atoms with van der Waals surface area (Å²) in [6.07, 6.45) is 0.175. The molecule has 0 aliphatic rings. The van der Waals surface area contributed by atoms with Crippen molar-refractivity contribution in [3.05, 3.63) is 77.7 Å². The molecule has 2 heterocycles. The molecule has 2 aromatic heterocycles. The number of hydrogen-bond acceptors (Lipinski definition) is 7. The van der Waals surface area contributed by atoms with Crippen molar-refractivity contribution >= 4 is 35.1 Å². The molecule has 1 amide bonds. The number of para-hydroxylation sites is 1. The monoisotopic (exact) mass is 431 g/mol. The lowest BCUT2D eigenvalue weighted by Gasteiger charge is -2.07. The molecule has 156 valence electrons. The molecule has 0 fully saturated rings. The van der Waals surface area contributed by atoms with Crippen LogP contribution in [0.1, 0.15) is 17.1 Å². The number of carbonyl (C=O) groups is 1. The number of rotatable bonds is 7. The van der Waals surface area contributed by atoms with E-state index in [1.165, 1.54) is 11.8 Å². The lowest BCUT2D eigenvalue weighted by molar-refractivity contribution is -0.115. The van der Waals surface area contributed by atoms with E-state index in [1.807, 2.05) is 55.5 Å². The number of nitrogens with zero attached hydrogens (tertiary/aromatic N) is 4. The molecule has 0 saturated heterocycles. The first-order valence-corrected chi connectivity index (χ1v) is 10.5. The van der Waals surface area contributed by atoms with E-state index >= 15 is 0 Å². The van der Waals surface area contributed by atoms with E-state index in [1.54, 1.807) is 6.07 Å². The number of carbonyl (C=O) groups excluding carboxylic acids is 1. The van der Waals surface area contributed by atoms with Crippen LogP contribution in [0.3, 0.4) is 0 Å². The van der Waals surface area contributed by atoms with Crippen LogP contribution in [0.2, 0.25) is 0 Å². The average molecular weight is 432 g/mol. The van der Waals surface area contributed by atoms with Crippen LogP contribution in [0.5, 0.6) is 0 Å². The van der Waals surface area contributed by atoms with Crippen LogP contribution < -0.4 is 10.6 Å². The van der Waals surface area contributed by atoms with Gasteiger partial charge in [0.1, 0.15) is 5.82 Å². The van der Waals surface area contributed by atoms with Crippen LogP contribution in [0, 0.1) is 13.8 Å². The van der Waals surface area contributed by atoms with Crippen molar-refractivity contribution in [1.29, 1.82) is 0 Å². The Morgan fingerprint density at radius 1 is 1.00 bits per heavy atom. The predicted molar refractivity (Wildman–Crippen MR) is 121 cm³/mol. The number of nitrogens with one attached hydrogen (secondary N) is 3. The normalized spacial score (nSPS) is 10.6. The molecule has 2 aromatic carbocycles. The molecule has 0 unspecified atom stereocenters. The minimum Gasteiger partial charge on any atom is -0.326 e. The number of aromatic nitrogens is 5. The first-order valence-electron chi connectivity index (χ1n) is 9.67. The zero-order valence-corrected chi connectivity index (χ0v) is 17.9. The largest absolute Gasteiger partial charge is 0.326 e. The van der Waals surface area contributed by atoms with Crippen LogP contribution in [0.4, 0.5) is 17.5 Å². The van der Waals surface area contributed by atoms with Gasteiger partial charge in [0.25, 0.3) is 0 Å². The summed E-state index contributed by atoms with van der Waals surface area (Å²) in [5.41, 5.74) is 2.59. The maximum absolute atomic E-state index is 12.2. The molecule has 4 aromatic rings. The van der Waals surface area contributed by atoms with E-state index in [0.717, 1.165) is 16.1 Å². The Morgan fingerprint density at radius 3 is 2.58 bits per heavy atom. The first kappa shape index (κ1) is 20.5. The second-order valence-corrected chi connectivity index (χ2v) is 7.86. The zero-order valence-electron chi connectivity index (χ0n) is 17.1.